The number of hydrogen-bond acceptors (Lipinski definition) is 3. The number of aryl methyl sites for hydroxylation is 1. The normalized spacial score (nSPS) is 34.6. The smallest absolute Gasteiger partial charge is 0.119 e. The summed E-state index contributed by atoms with van der Waals surface area (Å²) in [5.41, 5.74) is 5.78. The van der Waals surface area contributed by atoms with Crippen LogP contribution in [0.3, 0.4) is 0 Å². The minimum Gasteiger partial charge on any atom is -0.497 e. The lowest BCUT2D eigenvalue weighted by Crippen LogP contribution is -2.61. The van der Waals surface area contributed by atoms with E-state index in [1.54, 1.807) is 7.11 Å². The van der Waals surface area contributed by atoms with Gasteiger partial charge in [-0.15, -0.1) is 0 Å². The highest BCUT2D eigenvalue weighted by Gasteiger charge is 2.52. The van der Waals surface area contributed by atoms with Crippen LogP contribution in [0, 0.1) is 11.8 Å². The molecule has 4 heteroatoms. The number of piperidine rings is 3. The van der Waals surface area contributed by atoms with Crippen molar-refractivity contribution in [3.05, 3.63) is 41.1 Å². The summed E-state index contributed by atoms with van der Waals surface area (Å²) in [4.78, 5) is 2.66. The molecule has 3 saturated heterocycles. The van der Waals surface area contributed by atoms with Gasteiger partial charge in [0.1, 0.15) is 5.75 Å². The molecule has 132 valence electrons. The minimum atomic E-state index is 0.291. The summed E-state index contributed by atoms with van der Waals surface area (Å²) in [7, 11) is 3.94. The Balaban J connectivity index is 1.71. The molecule has 0 aliphatic carbocycles. The maximum atomic E-state index is 10.1. The third kappa shape index (κ3) is 1.90. The summed E-state index contributed by atoms with van der Waals surface area (Å²) in [6.45, 7) is 3.51. The molecule has 3 fully saturated rings. The van der Waals surface area contributed by atoms with E-state index >= 15 is 0 Å². The molecule has 0 radical (unpaired) electrons. The van der Waals surface area contributed by atoms with E-state index in [1.807, 2.05) is 0 Å². The van der Waals surface area contributed by atoms with Crippen LogP contribution in [0.25, 0.3) is 10.9 Å². The lowest BCUT2D eigenvalue weighted by atomic mass is 9.64. The summed E-state index contributed by atoms with van der Waals surface area (Å²) in [6.07, 6.45) is 4.45. The second-order valence-corrected chi connectivity index (χ2v) is 7.82. The number of aromatic nitrogens is 1. The zero-order chi connectivity index (χ0) is 17.3. The molecule has 0 spiro atoms. The Morgan fingerprint density at radius 3 is 2.92 bits per heavy atom. The van der Waals surface area contributed by atoms with Crippen LogP contribution in [0.5, 0.6) is 5.75 Å². The second kappa shape index (κ2) is 5.36. The highest BCUT2D eigenvalue weighted by atomic mass is 16.5. The Morgan fingerprint density at radius 1 is 1.36 bits per heavy atom. The first-order chi connectivity index (χ1) is 12.2. The Kier molecular flexibility index (Phi) is 3.32. The average Bonchev–Trinajstić information content (AvgIpc) is 2.93. The molecule has 1 unspecified atom stereocenters. The third-order valence-electron chi connectivity index (χ3n) is 7.03. The SMILES string of the molecule is C/C=C1\CN2[C@H]3C[C@H]1[C@@H](CO)[C@@H]2Cc1c3n(C)c2ccc(OC)cc12. The summed E-state index contributed by atoms with van der Waals surface area (Å²) in [5.74, 6) is 1.83. The molecule has 5 atom stereocenters. The number of ether oxygens (including phenoxy) is 1. The predicted octanol–water partition coefficient (Wildman–Crippen LogP) is 3.04. The van der Waals surface area contributed by atoms with Crippen molar-refractivity contribution in [1.29, 1.82) is 0 Å². The highest BCUT2D eigenvalue weighted by Crippen LogP contribution is 2.54. The van der Waals surface area contributed by atoms with Crippen LogP contribution >= 0.6 is 0 Å². The quantitative estimate of drug-likeness (QED) is 0.855. The molecule has 1 N–H and O–H groups in total. The van der Waals surface area contributed by atoms with Crippen LogP contribution < -0.4 is 4.74 Å². The molecular formula is C21H26N2O2. The van der Waals surface area contributed by atoms with Crippen molar-refractivity contribution in [2.45, 2.75) is 31.8 Å². The van der Waals surface area contributed by atoms with Gasteiger partial charge in [-0.05, 0) is 49.4 Å². The molecule has 2 aromatic rings. The summed E-state index contributed by atoms with van der Waals surface area (Å²) >= 11 is 0. The van der Waals surface area contributed by atoms with Gasteiger partial charge in [-0.2, -0.15) is 0 Å². The Hall–Kier alpha value is -1.78. The van der Waals surface area contributed by atoms with Crippen molar-refractivity contribution in [3.63, 3.8) is 0 Å². The van der Waals surface area contributed by atoms with Gasteiger partial charge < -0.3 is 14.4 Å². The van der Waals surface area contributed by atoms with Gasteiger partial charge in [0.15, 0.2) is 0 Å². The fraction of sp³-hybridized carbons (Fsp3) is 0.524. The van der Waals surface area contributed by atoms with Crippen molar-refractivity contribution in [2.24, 2.45) is 18.9 Å². The van der Waals surface area contributed by atoms with E-state index in [2.05, 4.69) is 47.7 Å². The molecule has 4 bridgehead atoms. The predicted molar refractivity (Wildman–Crippen MR) is 98.8 cm³/mol. The van der Waals surface area contributed by atoms with Gasteiger partial charge >= 0.3 is 0 Å². The lowest BCUT2D eigenvalue weighted by Gasteiger charge is -2.58. The van der Waals surface area contributed by atoms with Crippen molar-refractivity contribution >= 4 is 10.9 Å². The fourth-order valence-electron chi connectivity index (χ4n) is 5.86. The Bertz CT molecular complexity index is 882. The van der Waals surface area contributed by atoms with E-state index in [9.17, 15) is 5.11 Å². The van der Waals surface area contributed by atoms with Crippen molar-refractivity contribution in [3.8, 4) is 5.75 Å². The fourth-order valence-corrected chi connectivity index (χ4v) is 5.86. The first-order valence-corrected chi connectivity index (χ1v) is 9.34. The van der Waals surface area contributed by atoms with E-state index in [0.717, 1.165) is 25.1 Å². The summed E-state index contributed by atoms with van der Waals surface area (Å²) in [6, 6.07) is 7.37. The number of allylic oxidation sites excluding steroid dienone is 1. The molecule has 0 saturated carbocycles. The van der Waals surface area contributed by atoms with Crippen LogP contribution in [0.4, 0.5) is 0 Å². The number of benzene rings is 1. The summed E-state index contributed by atoms with van der Waals surface area (Å²) < 4.78 is 7.87. The number of methoxy groups -OCH3 is 1. The van der Waals surface area contributed by atoms with Crippen molar-refractivity contribution in [2.75, 3.05) is 20.3 Å². The standard InChI is InChI=1S/C21H26N2O2/c1-4-12-10-23-19-9-16-15-7-13(25-3)5-6-18(15)22(2)21(16)20(23)8-14(12)17(19)11-24/h4-7,14,17,19-20,24H,8-11H2,1-3H3/b12-4+/t14-,17-,19+,20+/m1/s1. The summed E-state index contributed by atoms with van der Waals surface area (Å²) in [5, 5.41) is 11.4. The molecule has 1 aromatic carbocycles. The molecule has 4 aliphatic rings. The number of rotatable bonds is 2. The molecule has 4 nitrogen and oxygen atoms in total. The molecule has 1 aromatic heterocycles. The first-order valence-electron chi connectivity index (χ1n) is 9.34. The number of hydrogen-bond donors (Lipinski definition) is 1. The van der Waals surface area contributed by atoms with Gasteiger partial charge in [-0.25, -0.2) is 0 Å². The monoisotopic (exact) mass is 338 g/mol. The molecule has 25 heavy (non-hydrogen) atoms. The van der Waals surface area contributed by atoms with Crippen LogP contribution in [0.2, 0.25) is 0 Å². The van der Waals surface area contributed by atoms with Gasteiger partial charge in [-0.3, -0.25) is 4.90 Å². The molecule has 4 aliphatic heterocycles. The van der Waals surface area contributed by atoms with Crippen LogP contribution in [0.1, 0.15) is 30.6 Å². The molecular weight excluding hydrogens is 312 g/mol. The first kappa shape index (κ1) is 15.5. The van der Waals surface area contributed by atoms with Crippen LogP contribution in [-0.2, 0) is 13.5 Å². The van der Waals surface area contributed by atoms with E-state index < -0.39 is 0 Å². The van der Waals surface area contributed by atoms with Gasteiger partial charge in [0.25, 0.3) is 0 Å². The zero-order valence-corrected chi connectivity index (χ0v) is 15.2. The van der Waals surface area contributed by atoms with E-state index in [1.165, 1.54) is 27.7 Å². The molecule has 5 heterocycles. The number of nitrogens with zero attached hydrogens (tertiary/aromatic N) is 2. The van der Waals surface area contributed by atoms with E-state index in [4.69, 9.17) is 4.74 Å². The minimum absolute atomic E-state index is 0.291. The maximum Gasteiger partial charge on any atom is 0.119 e. The van der Waals surface area contributed by atoms with Crippen molar-refractivity contribution < 1.29 is 9.84 Å². The third-order valence-corrected chi connectivity index (χ3v) is 7.03. The Morgan fingerprint density at radius 2 is 2.20 bits per heavy atom. The van der Waals surface area contributed by atoms with Crippen LogP contribution in [-0.4, -0.2) is 40.9 Å². The number of aliphatic hydroxyl groups is 1. The second-order valence-electron chi connectivity index (χ2n) is 7.82. The molecule has 6 rings (SSSR count). The number of fused-ring (bicyclic) bond motifs is 4. The highest BCUT2D eigenvalue weighted by molar-refractivity contribution is 5.87. The van der Waals surface area contributed by atoms with Gasteiger partial charge in [0, 0.05) is 48.8 Å². The number of aliphatic hydroxyl groups excluding tert-OH is 1. The van der Waals surface area contributed by atoms with E-state index in [-0.39, 0.29) is 0 Å². The zero-order valence-electron chi connectivity index (χ0n) is 15.2. The van der Waals surface area contributed by atoms with Gasteiger partial charge in [0.05, 0.1) is 13.2 Å². The van der Waals surface area contributed by atoms with Crippen LogP contribution in [0.15, 0.2) is 29.8 Å². The molecule has 0 amide bonds. The van der Waals surface area contributed by atoms with Crippen molar-refractivity contribution in [1.82, 2.24) is 9.47 Å². The van der Waals surface area contributed by atoms with Gasteiger partial charge in [0.2, 0.25) is 0 Å². The maximum absolute atomic E-state index is 10.1. The van der Waals surface area contributed by atoms with Gasteiger partial charge in [-0.1, -0.05) is 11.6 Å². The van der Waals surface area contributed by atoms with E-state index in [0.29, 0.717) is 30.5 Å². The Labute approximate surface area is 148 Å². The largest absolute Gasteiger partial charge is 0.497 e. The lowest BCUT2D eigenvalue weighted by molar-refractivity contribution is -0.0513. The topological polar surface area (TPSA) is 37.6 Å². The average molecular weight is 338 g/mol.